The van der Waals surface area contributed by atoms with Crippen molar-refractivity contribution in [2.75, 3.05) is 0 Å². The van der Waals surface area contributed by atoms with Crippen molar-refractivity contribution >= 4 is 28.3 Å². The Morgan fingerprint density at radius 1 is 0.640 bits per heavy atom. The first-order valence-electron chi connectivity index (χ1n) is 7.78. The van der Waals surface area contributed by atoms with Crippen LogP contribution < -0.4 is 0 Å². The number of halogens is 2. The first kappa shape index (κ1) is 17.5. The molecule has 124 valence electrons. The molecule has 25 heavy (non-hydrogen) atoms. The molecular weight excluding hydrogens is 396 g/mol. The van der Waals surface area contributed by atoms with Crippen molar-refractivity contribution in [2.45, 2.75) is 0 Å². The average molecular weight is 412 g/mol. The van der Waals surface area contributed by atoms with Crippen LogP contribution >= 0.6 is 28.3 Å². The summed E-state index contributed by atoms with van der Waals surface area (Å²) in [5, 5.41) is 0. The van der Waals surface area contributed by atoms with E-state index in [1.54, 1.807) is 0 Å². The molecule has 0 fully saturated rings. The van der Waals surface area contributed by atoms with E-state index in [1.165, 1.54) is 0 Å². The molecule has 0 radical (unpaired) electrons. The fourth-order valence-corrected chi connectivity index (χ4v) is 3.00. The molecule has 1 heterocycles. The molecule has 0 bridgehead atoms. The average Bonchev–Trinajstić information content (AvgIpc) is 3.09. The summed E-state index contributed by atoms with van der Waals surface area (Å²) in [5.41, 5.74) is 5.32. The van der Waals surface area contributed by atoms with Crippen LogP contribution in [0.4, 0.5) is 0 Å². The Kier molecular flexibility index (Phi) is 5.37. The normalized spacial score (nSPS) is 10.3. The fourth-order valence-electron chi connectivity index (χ4n) is 2.74. The first-order valence-corrected chi connectivity index (χ1v) is 8.57. The quantitative estimate of drug-likeness (QED) is 0.404. The molecule has 1 aromatic heterocycles. The van der Waals surface area contributed by atoms with E-state index in [2.05, 4.69) is 57.3 Å². The van der Waals surface area contributed by atoms with Gasteiger partial charge in [0.25, 0.3) is 0 Å². The van der Waals surface area contributed by atoms with E-state index in [1.807, 2.05) is 48.5 Å². The lowest BCUT2D eigenvalue weighted by atomic mass is 10.1. The van der Waals surface area contributed by atoms with Crippen molar-refractivity contribution in [3.05, 3.63) is 89.4 Å². The molecule has 4 heteroatoms. The van der Waals surface area contributed by atoms with Crippen molar-refractivity contribution in [1.82, 2.24) is 9.97 Å². The highest BCUT2D eigenvalue weighted by Gasteiger charge is 2.14. The Bertz CT molecular complexity index is 891. The molecule has 0 saturated heterocycles. The van der Waals surface area contributed by atoms with E-state index in [4.69, 9.17) is 4.98 Å². The minimum absolute atomic E-state index is 0. The van der Waals surface area contributed by atoms with E-state index in [-0.39, 0.29) is 12.4 Å². The summed E-state index contributed by atoms with van der Waals surface area (Å²) in [7, 11) is 0. The van der Waals surface area contributed by atoms with Gasteiger partial charge < -0.3 is 4.98 Å². The summed E-state index contributed by atoms with van der Waals surface area (Å²) in [6.45, 7) is 0. The maximum Gasteiger partial charge on any atom is 0.138 e. The number of aromatic nitrogens is 2. The first-order chi connectivity index (χ1) is 11.8. The van der Waals surface area contributed by atoms with E-state index in [0.29, 0.717) is 0 Å². The topological polar surface area (TPSA) is 28.7 Å². The zero-order chi connectivity index (χ0) is 16.4. The number of benzene rings is 3. The number of aromatic amines is 1. The summed E-state index contributed by atoms with van der Waals surface area (Å²) < 4.78 is 1.06. The monoisotopic (exact) mass is 410 g/mol. The van der Waals surface area contributed by atoms with Crippen LogP contribution in [0.2, 0.25) is 0 Å². The van der Waals surface area contributed by atoms with Crippen molar-refractivity contribution in [3.63, 3.8) is 0 Å². The van der Waals surface area contributed by atoms with Crippen molar-refractivity contribution in [1.29, 1.82) is 0 Å². The summed E-state index contributed by atoms with van der Waals surface area (Å²) >= 11 is 3.48. The second-order valence-electron chi connectivity index (χ2n) is 5.55. The SMILES string of the molecule is Brc1ccc(-c2nc(-c3ccccc3)c(-c3ccccc3)[nH]2)cc1.Cl. The molecule has 0 aliphatic heterocycles. The van der Waals surface area contributed by atoms with Gasteiger partial charge in [0.15, 0.2) is 0 Å². The number of rotatable bonds is 3. The van der Waals surface area contributed by atoms with E-state index < -0.39 is 0 Å². The maximum absolute atomic E-state index is 4.89. The standard InChI is InChI=1S/C21H15BrN2.ClH/c22-18-13-11-17(12-14-18)21-23-19(15-7-3-1-4-8-15)20(24-21)16-9-5-2-6-10-16;/h1-14H,(H,23,24);1H. The Hall–Kier alpha value is -2.36. The maximum atomic E-state index is 4.89. The largest absolute Gasteiger partial charge is 0.337 e. The predicted molar refractivity (Wildman–Crippen MR) is 110 cm³/mol. The van der Waals surface area contributed by atoms with Crippen molar-refractivity contribution in [2.24, 2.45) is 0 Å². The van der Waals surface area contributed by atoms with Gasteiger partial charge in [0.1, 0.15) is 5.82 Å². The molecule has 0 aliphatic rings. The summed E-state index contributed by atoms with van der Waals surface area (Å²) in [4.78, 5) is 8.39. The molecule has 0 aliphatic carbocycles. The number of hydrogen-bond acceptors (Lipinski definition) is 1. The van der Waals surface area contributed by atoms with Crippen LogP contribution in [0.15, 0.2) is 89.4 Å². The van der Waals surface area contributed by atoms with Gasteiger partial charge in [0.2, 0.25) is 0 Å². The number of nitrogens with one attached hydrogen (secondary N) is 1. The highest BCUT2D eigenvalue weighted by Crippen LogP contribution is 2.33. The molecule has 2 nitrogen and oxygen atoms in total. The molecule has 0 saturated carbocycles. The van der Waals surface area contributed by atoms with Gasteiger partial charge in [0.05, 0.1) is 11.4 Å². The lowest BCUT2D eigenvalue weighted by molar-refractivity contribution is 1.31. The van der Waals surface area contributed by atoms with Gasteiger partial charge in [-0.3, -0.25) is 0 Å². The molecule has 0 atom stereocenters. The van der Waals surface area contributed by atoms with Gasteiger partial charge in [-0.25, -0.2) is 4.98 Å². The van der Waals surface area contributed by atoms with E-state index >= 15 is 0 Å². The lowest BCUT2D eigenvalue weighted by Crippen LogP contribution is -1.82. The van der Waals surface area contributed by atoms with Crippen LogP contribution in [0.5, 0.6) is 0 Å². The number of hydrogen-bond donors (Lipinski definition) is 1. The number of H-pyrrole nitrogens is 1. The van der Waals surface area contributed by atoms with Crippen LogP contribution in [0.3, 0.4) is 0 Å². The molecule has 0 unspecified atom stereocenters. The second kappa shape index (κ2) is 7.68. The Morgan fingerprint density at radius 3 is 1.80 bits per heavy atom. The molecular formula is C21H16BrClN2. The van der Waals surface area contributed by atoms with Crippen LogP contribution in [-0.2, 0) is 0 Å². The zero-order valence-corrected chi connectivity index (χ0v) is 15.7. The number of nitrogens with zero attached hydrogens (tertiary/aromatic N) is 1. The highest BCUT2D eigenvalue weighted by atomic mass is 79.9. The van der Waals surface area contributed by atoms with Gasteiger partial charge in [-0.05, 0) is 12.1 Å². The van der Waals surface area contributed by atoms with Crippen LogP contribution in [-0.4, -0.2) is 9.97 Å². The third-order valence-corrected chi connectivity index (χ3v) is 4.46. The van der Waals surface area contributed by atoms with Crippen LogP contribution in [0.25, 0.3) is 33.9 Å². The van der Waals surface area contributed by atoms with Gasteiger partial charge in [0, 0.05) is 21.2 Å². The molecule has 4 rings (SSSR count). The molecule has 1 N–H and O–H groups in total. The zero-order valence-electron chi connectivity index (χ0n) is 13.3. The minimum atomic E-state index is 0. The van der Waals surface area contributed by atoms with Gasteiger partial charge in [-0.1, -0.05) is 88.7 Å². The Balaban J connectivity index is 0.00000182. The fraction of sp³-hybridized carbons (Fsp3) is 0. The highest BCUT2D eigenvalue weighted by molar-refractivity contribution is 9.10. The third kappa shape index (κ3) is 3.68. The van der Waals surface area contributed by atoms with Crippen LogP contribution in [0.1, 0.15) is 0 Å². The smallest absolute Gasteiger partial charge is 0.138 e. The van der Waals surface area contributed by atoms with Gasteiger partial charge >= 0.3 is 0 Å². The van der Waals surface area contributed by atoms with Gasteiger partial charge in [-0.2, -0.15) is 0 Å². The number of imidazole rings is 1. The van der Waals surface area contributed by atoms with Crippen molar-refractivity contribution < 1.29 is 0 Å². The predicted octanol–water partition coefficient (Wildman–Crippen LogP) is 6.60. The van der Waals surface area contributed by atoms with Crippen LogP contribution in [0, 0.1) is 0 Å². The molecule has 4 aromatic rings. The van der Waals surface area contributed by atoms with Gasteiger partial charge in [-0.15, -0.1) is 12.4 Å². The Labute approximate surface area is 161 Å². The van der Waals surface area contributed by atoms with E-state index in [0.717, 1.165) is 38.4 Å². The van der Waals surface area contributed by atoms with Crippen molar-refractivity contribution in [3.8, 4) is 33.9 Å². The minimum Gasteiger partial charge on any atom is -0.337 e. The van der Waals surface area contributed by atoms with E-state index in [9.17, 15) is 0 Å². The summed E-state index contributed by atoms with van der Waals surface area (Å²) in [6, 6.07) is 28.8. The third-order valence-electron chi connectivity index (χ3n) is 3.93. The lowest BCUT2D eigenvalue weighted by Gasteiger charge is -2.02. The molecule has 3 aromatic carbocycles. The molecule has 0 spiro atoms. The second-order valence-corrected chi connectivity index (χ2v) is 6.46. The summed E-state index contributed by atoms with van der Waals surface area (Å²) in [5.74, 6) is 0.875. The molecule has 0 amide bonds. The summed E-state index contributed by atoms with van der Waals surface area (Å²) in [6.07, 6.45) is 0. The Morgan fingerprint density at radius 2 is 1.20 bits per heavy atom.